The molecule has 5 rings (SSSR count). The van der Waals surface area contributed by atoms with E-state index in [1.54, 1.807) is 7.11 Å². The summed E-state index contributed by atoms with van der Waals surface area (Å²) < 4.78 is 5.55. The van der Waals surface area contributed by atoms with Crippen molar-refractivity contribution in [3.8, 4) is 5.75 Å². The number of benzene rings is 3. The lowest BCUT2D eigenvalue weighted by Crippen LogP contribution is -2.66. The predicted octanol–water partition coefficient (Wildman–Crippen LogP) is 4.59. The number of ether oxygens (including phenoxy) is 1. The molecular weight excluding hydrogens is 422 g/mol. The maximum Gasteiger partial charge on any atom is 0.240 e. The molecule has 3 aromatic rings. The van der Waals surface area contributed by atoms with Crippen LogP contribution in [-0.4, -0.2) is 54.0 Å². The number of nitrogens with zero attached hydrogens (tertiary/aromatic N) is 2. The van der Waals surface area contributed by atoms with Crippen molar-refractivity contribution in [2.75, 3.05) is 26.7 Å². The van der Waals surface area contributed by atoms with Gasteiger partial charge in [0.15, 0.2) is 0 Å². The zero-order valence-electron chi connectivity index (χ0n) is 20.3. The van der Waals surface area contributed by atoms with Gasteiger partial charge in [-0.15, -0.1) is 0 Å². The van der Waals surface area contributed by atoms with Crippen LogP contribution in [0, 0.1) is 0 Å². The minimum Gasteiger partial charge on any atom is -0.496 e. The number of carbonyl (C=O) groups is 1. The number of hydrogen-bond acceptors (Lipinski definition) is 4. The Labute approximate surface area is 202 Å². The van der Waals surface area contributed by atoms with E-state index in [0.29, 0.717) is 0 Å². The van der Waals surface area contributed by atoms with Crippen LogP contribution < -0.4 is 10.1 Å². The fourth-order valence-corrected chi connectivity index (χ4v) is 5.39. The van der Waals surface area contributed by atoms with E-state index >= 15 is 0 Å². The summed E-state index contributed by atoms with van der Waals surface area (Å²) in [6.45, 7) is 6.85. The highest BCUT2D eigenvalue weighted by Crippen LogP contribution is 2.35. The average Bonchev–Trinajstić information content (AvgIpc) is 2.87. The Kier molecular flexibility index (Phi) is 6.57. The van der Waals surface area contributed by atoms with Gasteiger partial charge in [-0.25, -0.2) is 0 Å². The van der Waals surface area contributed by atoms with E-state index < -0.39 is 5.54 Å². The van der Waals surface area contributed by atoms with Crippen LogP contribution in [-0.2, 0) is 17.9 Å². The number of fused-ring (bicyclic) bond motifs is 1. The first-order chi connectivity index (χ1) is 16.6. The summed E-state index contributed by atoms with van der Waals surface area (Å²) in [4.78, 5) is 18.2. The third kappa shape index (κ3) is 4.55. The molecule has 5 nitrogen and oxygen atoms in total. The van der Waals surface area contributed by atoms with Gasteiger partial charge in [-0.05, 0) is 48.8 Å². The van der Waals surface area contributed by atoms with Crippen molar-refractivity contribution in [3.05, 3.63) is 77.9 Å². The Balaban J connectivity index is 1.19. The van der Waals surface area contributed by atoms with Crippen LogP contribution in [0.25, 0.3) is 10.8 Å². The van der Waals surface area contributed by atoms with Crippen molar-refractivity contribution in [3.63, 3.8) is 0 Å². The molecule has 1 N–H and O–H groups in total. The molecule has 5 heteroatoms. The van der Waals surface area contributed by atoms with Crippen LogP contribution in [0.4, 0.5) is 0 Å². The van der Waals surface area contributed by atoms with E-state index in [-0.39, 0.29) is 11.9 Å². The highest BCUT2D eigenvalue weighted by molar-refractivity contribution is 5.91. The number of amides is 1. The van der Waals surface area contributed by atoms with Crippen molar-refractivity contribution < 1.29 is 9.53 Å². The first-order valence-corrected chi connectivity index (χ1v) is 12.4. The Bertz CT molecular complexity index is 1140. The molecule has 1 atom stereocenters. The maximum atomic E-state index is 13.4. The van der Waals surface area contributed by atoms with E-state index in [1.165, 1.54) is 16.5 Å². The van der Waals surface area contributed by atoms with Gasteiger partial charge in [0.1, 0.15) is 5.75 Å². The molecule has 0 aliphatic carbocycles. The molecule has 2 aliphatic heterocycles. The first-order valence-electron chi connectivity index (χ1n) is 12.4. The van der Waals surface area contributed by atoms with E-state index in [4.69, 9.17) is 4.74 Å². The molecule has 2 heterocycles. The van der Waals surface area contributed by atoms with Crippen LogP contribution in [0.15, 0.2) is 66.7 Å². The number of hydrogen-bond donors (Lipinski definition) is 1. The molecule has 2 aliphatic rings. The Morgan fingerprint density at radius 3 is 2.32 bits per heavy atom. The van der Waals surface area contributed by atoms with Crippen molar-refractivity contribution in [2.24, 2.45) is 0 Å². The molecule has 0 saturated carbocycles. The second kappa shape index (κ2) is 9.77. The molecule has 0 radical (unpaired) electrons. The number of methoxy groups -OCH3 is 1. The van der Waals surface area contributed by atoms with Gasteiger partial charge < -0.3 is 10.1 Å². The summed E-state index contributed by atoms with van der Waals surface area (Å²) >= 11 is 0. The SMILES string of the molecule is COc1ccc(CN2CCC2(C)C(=O)NC2CCN(Cc3ccccc3)CC2)c2ccccc12. The molecule has 1 amide bonds. The monoisotopic (exact) mass is 457 g/mol. The minimum atomic E-state index is -0.442. The highest BCUT2D eigenvalue weighted by atomic mass is 16.5. The van der Waals surface area contributed by atoms with Crippen LogP contribution in [0.5, 0.6) is 5.75 Å². The summed E-state index contributed by atoms with van der Waals surface area (Å²) in [5.74, 6) is 1.07. The lowest BCUT2D eigenvalue weighted by Gasteiger charge is -2.50. The standard InChI is InChI=1S/C29H35N3O2/c1-29(28(33)30-24-14-17-31(18-15-24)20-22-8-4-3-5-9-22)16-19-32(29)21-23-12-13-27(34-2)26-11-7-6-10-25(23)26/h3-13,24H,14-21H2,1-2H3,(H,30,33). The molecular formula is C29H35N3O2. The number of piperidine rings is 1. The summed E-state index contributed by atoms with van der Waals surface area (Å²) in [6, 6.07) is 23.4. The van der Waals surface area contributed by atoms with E-state index in [9.17, 15) is 4.79 Å². The van der Waals surface area contributed by atoms with Gasteiger partial charge in [-0.3, -0.25) is 14.6 Å². The van der Waals surface area contributed by atoms with Crippen LogP contribution in [0.3, 0.4) is 0 Å². The lowest BCUT2D eigenvalue weighted by atomic mass is 9.84. The zero-order chi connectivity index (χ0) is 23.5. The fourth-order valence-electron chi connectivity index (χ4n) is 5.39. The maximum absolute atomic E-state index is 13.4. The number of carbonyl (C=O) groups excluding carboxylic acids is 1. The van der Waals surface area contributed by atoms with Gasteiger partial charge in [0.2, 0.25) is 5.91 Å². The molecule has 0 spiro atoms. The van der Waals surface area contributed by atoms with Crippen molar-refractivity contribution in [1.82, 2.24) is 15.1 Å². The highest BCUT2D eigenvalue weighted by Gasteiger charge is 2.47. The second-order valence-electron chi connectivity index (χ2n) is 9.93. The second-order valence-corrected chi connectivity index (χ2v) is 9.93. The Morgan fingerprint density at radius 1 is 0.941 bits per heavy atom. The van der Waals surface area contributed by atoms with Crippen LogP contribution in [0.1, 0.15) is 37.3 Å². The number of likely N-dealkylation sites (tertiary alicyclic amines) is 2. The zero-order valence-corrected chi connectivity index (χ0v) is 20.3. The predicted molar refractivity (Wildman–Crippen MR) is 137 cm³/mol. The van der Waals surface area contributed by atoms with E-state index in [2.05, 4.69) is 76.6 Å². The van der Waals surface area contributed by atoms with Crippen molar-refractivity contribution >= 4 is 16.7 Å². The molecule has 0 bridgehead atoms. The molecule has 3 aromatic carbocycles. The number of rotatable bonds is 7. The van der Waals surface area contributed by atoms with Gasteiger partial charge in [-0.1, -0.05) is 60.7 Å². The first kappa shape index (κ1) is 22.9. The lowest BCUT2D eigenvalue weighted by molar-refractivity contribution is -0.143. The van der Waals surface area contributed by atoms with Crippen LogP contribution in [0.2, 0.25) is 0 Å². The third-order valence-corrected chi connectivity index (χ3v) is 7.78. The smallest absolute Gasteiger partial charge is 0.240 e. The van der Waals surface area contributed by atoms with Gasteiger partial charge in [0, 0.05) is 44.2 Å². The molecule has 1 unspecified atom stereocenters. The van der Waals surface area contributed by atoms with Gasteiger partial charge in [-0.2, -0.15) is 0 Å². The third-order valence-electron chi connectivity index (χ3n) is 7.78. The Hall–Kier alpha value is -2.89. The quantitative estimate of drug-likeness (QED) is 0.564. The van der Waals surface area contributed by atoms with E-state index in [0.717, 1.165) is 63.1 Å². The van der Waals surface area contributed by atoms with Gasteiger partial charge >= 0.3 is 0 Å². The van der Waals surface area contributed by atoms with Crippen molar-refractivity contribution in [1.29, 1.82) is 0 Å². The fraction of sp³-hybridized carbons (Fsp3) is 0.414. The normalized spacial score (nSPS) is 21.8. The topological polar surface area (TPSA) is 44.8 Å². The number of nitrogens with one attached hydrogen (secondary N) is 1. The van der Waals surface area contributed by atoms with Gasteiger partial charge in [0.05, 0.1) is 12.6 Å². The molecule has 0 aromatic heterocycles. The molecule has 2 saturated heterocycles. The van der Waals surface area contributed by atoms with E-state index in [1.807, 2.05) is 12.1 Å². The van der Waals surface area contributed by atoms with Crippen LogP contribution >= 0.6 is 0 Å². The molecule has 178 valence electrons. The summed E-state index contributed by atoms with van der Waals surface area (Å²) in [5, 5.41) is 5.71. The molecule has 2 fully saturated rings. The van der Waals surface area contributed by atoms with Crippen molar-refractivity contribution in [2.45, 2.75) is 50.9 Å². The Morgan fingerprint density at radius 2 is 1.65 bits per heavy atom. The minimum absolute atomic E-state index is 0.179. The summed E-state index contributed by atoms with van der Waals surface area (Å²) in [6.07, 6.45) is 2.93. The largest absolute Gasteiger partial charge is 0.496 e. The average molecular weight is 458 g/mol. The summed E-state index contributed by atoms with van der Waals surface area (Å²) in [5.41, 5.74) is 2.15. The molecule has 34 heavy (non-hydrogen) atoms. The van der Waals surface area contributed by atoms with Gasteiger partial charge in [0.25, 0.3) is 0 Å². The summed E-state index contributed by atoms with van der Waals surface area (Å²) in [7, 11) is 1.71.